The van der Waals surface area contributed by atoms with E-state index in [0.717, 1.165) is 11.1 Å². The number of halogens is 1. The van der Waals surface area contributed by atoms with E-state index >= 15 is 0 Å². The summed E-state index contributed by atoms with van der Waals surface area (Å²) < 4.78 is 0. The van der Waals surface area contributed by atoms with Crippen molar-refractivity contribution in [3.63, 3.8) is 0 Å². The molecule has 0 saturated carbocycles. The number of amides is 1. The average Bonchev–Trinajstić information content (AvgIpc) is 2.45. The molecule has 0 spiro atoms. The third-order valence-corrected chi connectivity index (χ3v) is 3.10. The fourth-order valence-corrected chi connectivity index (χ4v) is 2.12. The fourth-order valence-electron chi connectivity index (χ4n) is 1.90. The second kappa shape index (κ2) is 6.94. The molecule has 0 aliphatic carbocycles. The Balaban J connectivity index is 2.19. The first-order valence-corrected chi connectivity index (χ1v) is 6.75. The number of aryl methyl sites for hydroxylation is 1. The summed E-state index contributed by atoms with van der Waals surface area (Å²) in [5, 5.41) is 12.1. The molecule has 0 aliphatic rings. The van der Waals surface area contributed by atoms with E-state index in [9.17, 15) is 4.79 Å². The zero-order valence-electron chi connectivity index (χ0n) is 11.5. The number of carbonyl (C=O) groups excluding carboxylic acids is 1. The highest BCUT2D eigenvalue weighted by atomic mass is 35.5. The monoisotopic (exact) mass is 299 g/mol. The quantitative estimate of drug-likeness (QED) is 0.836. The standard InChI is InChI=1S/C17H14ClNO2/c1-12-10-14(18)7-8-16(12)17(21)19-15-6-2-4-13(11-15)5-3-9-20/h2,4,6-8,10-11,20H,9H2,1H3,(H,19,21). The first kappa shape index (κ1) is 15.1. The van der Waals surface area contributed by atoms with Crippen molar-refractivity contribution in [1.29, 1.82) is 0 Å². The van der Waals surface area contributed by atoms with E-state index in [-0.39, 0.29) is 12.5 Å². The van der Waals surface area contributed by atoms with Gasteiger partial charge < -0.3 is 10.4 Å². The molecule has 2 aromatic rings. The van der Waals surface area contributed by atoms with Crippen LogP contribution < -0.4 is 5.32 Å². The second-order valence-corrected chi connectivity index (χ2v) is 4.89. The van der Waals surface area contributed by atoms with Crippen LogP contribution in [0.25, 0.3) is 0 Å². The predicted octanol–water partition coefficient (Wildman–Crippen LogP) is 3.24. The van der Waals surface area contributed by atoms with Crippen molar-refractivity contribution in [1.82, 2.24) is 0 Å². The molecule has 0 fully saturated rings. The van der Waals surface area contributed by atoms with E-state index in [0.29, 0.717) is 16.3 Å². The molecule has 2 aromatic carbocycles. The lowest BCUT2D eigenvalue weighted by atomic mass is 10.1. The van der Waals surface area contributed by atoms with Crippen molar-refractivity contribution < 1.29 is 9.90 Å². The van der Waals surface area contributed by atoms with Gasteiger partial charge in [0.1, 0.15) is 6.61 Å². The molecule has 0 atom stereocenters. The van der Waals surface area contributed by atoms with Gasteiger partial charge in [0.25, 0.3) is 5.91 Å². The maximum atomic E-state index is 12.2. The summed E-state index contributed by atoms with van der Waals surface area (Å²) >= 11 is 5.88. The zero-order chi connectivity index (χ0) is 15.2. The molecule has 4 heteroatoms. The van der Waals surface area contributed by atoms with Crippen molar-refractivity contribution in [3.8, 4) is 11.8 Å². The Morgan fingerprint density at radius 2 is 2.10 bits per heavy atom. The lowest BCUT2D eigenvalue weighted by Gasteiger charge is -2.08. The minimum absolute atomic E-state index is 0.194. The molecule has 0 radical (unpaired) electrons. The van der Waals surface area contributed by atoms with Gasteiger partial charge in [0, 0.05) is 21.8 Å². The summed E-state index contributed by atoms with van der Waals surface area (Å²) in [6.07, 6.45) is 0. The van der Waals surface area contributed by atoms with Gasteiger partial charge in [0.2, 0.25) is 0 Å². The van der Waals surface area contributed by atoms with E-state index in [1.165, 1.54) is 0 Å². The Kier molecular flexibility index (Phi) is 4.99. The van der Waals surface area contributed by atoms with Crippen LogP contribution in [0.1, 0.15) is 21.5 Å². The Bertz CT molecular complexity index is 729. The first-order chi connectivity index (χ1) is 10.1. The molecule has 0 bridgehead atoms. The highest BCUT2D eigenvalue weighted by Gasteiger charge is 2.09. The third kappa shape index (κ3) is 4.09. The number of rotatable bonds is 2. The van der Waals surface area contributed by atoms with Crippen LogP contribution in [0, 0.1) is 18.8 Å². The predicted molar refractivity (Wildman–Crippen MR) is 84.5 cm³/mol. The smallest absolute Gasteiger partial charge is 0.255 e. The lowest BCUT2D eigenvalue weighted by molar-refractivity contribution is 0.102. The van der Waals surface area contributed by atoms with Gasteiger partial charge in [-0.2, -0.15) is 0 Å². The summed E-state index contributed by atoms with van der Waals surface area (Å²) in [5.41, 5.74) is 2.77. The van der Waals surface area contributed by atoms with Crippen LogP contribution in [0.2, 0.25) is 5.02 Å². The number of anilines is 1. The summed E-state index contributed by atoms with van der Waals surface area (Å²) in [7, 11) is 0. The minimum Gasteiger partial charge on any atom is -0.384 e. The fraction of sp³-hybridized carbons (Fsp3) is 0.118. The lowest BCUT2D eigenvalue weighted by Crippen LogP contribution is -2.13. The minimum atomic E-state index is -0.198. The number of carbonyl (C=O) groups is 1. The molecule has 0 heterocycles. The molecule has 0 unspecified atom stereocenters. The van der Waals surface area contributed by atoms with E-state index in [4.69, 9.17) is 16.7 Å². The van der Waals surface area contributed by atoms with Gasteiger partial charge in [-0.05, 0) is 48.9 Å². The number of benzene rings is 2. The number of aliphatic hydroxyl groups is 1. The molecule has 21 heavy (non-hydrogen) atoms. The van der Waals surface area contributed by atoms with Crippen molar-refractivity contribution >= 4 is 23.2 Å². The van der Waals surface area contributed by atoms with E-state index in [2.05, 4.69) is 17.2 Å². The molecular formula is C17H14ClNO2. The first-order valence-electron chi connectivity index (χ1n) is 6.37. The van der Waals surface area contributed by atoms with Gasteiger partial charge in [0.05, 0.1) is 0 Å². The Morgan fingerprint density at radius 3 is 2.81 bits per heavy atom. The highest BCUT2D eigenvalue weighted by molar-refractivity contribution is 6.30. The maximum absolute atomic E-state index is 12.2. The zero-order valence-corrected chi connectivity index (χ0v) is 12.2. The van der Waals surface area contributed by atoms with Gasteiger partial charge in [0.15, 0.2) is 0 Å². The number of hydrogen-bond donors (Lipinski definition) is 2. The van der Waals surface area contributed by atoms with Crippen LogP contribution in [0.15, 0.2) is 42.5 Å². The van der Waals surface area contributed by atoms with Crippen molar-refractivity contribution in [2.45, 2.75) is 6.92 Å². The summed E-state index contributed by atoms with van der Waals surface area (Å²) in [5.74, 6) is 5.17. The van der Waals surface area contributed by atoms with Crippen LogP contribution in [0.3, 0.4) is 0 Å². The van der Waals surface area contributed by atoms with Gasteiger partial charge in [-0.25, -0.2) is 0 Å². The molecule has 2 N–H and O–H groups in total. The topological polar surface area (TPSA) is 49.3 Å². The van der Waals surface area contributed by atoms with Crippen molar-refractivity contribution in [3.05, 3.63) is 64.2 Å². The van der Waals surface area contributed by atoms with E-state index in [1.54, 1.807) is 36.4 Å². The van der Waals surface area contributed by atoms with Crippen LogP contribution in [0.4, 0.5) is 5.69 Å². The molecule has 0 aromatic heterocycles. The average molecular weight is 300 g/mol. The SMILES string of the molecule is Cc1cc(Cl)ccc1C(=O)Nc1cccc(C#CCO)c1. The van der Waals surface area contributed by atoms with Gasteiger partial charge in [-0.1, -0.05) is 29.5 Å². The van der Waals surface area contributed by atoms with Crippen molar-refractivity contribution in [2.24, 2.45) is 0 Å². The van der Waals surface area contributed by atoms with Gasteiger partial charge in [-0.3, -0.25) is 4.79 Å². The van der Waals surface area contributed by atoms with E-state index < -0.39 is 0 Å². The molecule has 0 aliphatic heterocycles. The Hall–Kier alpha value is -2.28. The van der Waals surface area contributed by atoms with Gasteiger partial charge in [-0.15, -0.1) is 0 Å². The molecule has 2 rings (SSSR count). The van der Waals surface area contributed by atoms with E-state index in [1.807, 2.05) is 13.0 Å². The number of hydrogen-bond acceptors (Lipinski definition) is 2. The summed E-state index contributed by atoms with van der Waals surface area (Å²) in [4.78, 5) is 12.2. The normalized spacial score (nSPS) is 9.67. The van der Waals surface area contributed by atoms with Crippen LogP contribution in [0.5, 0.6) is 0 Å². The molecule has 3 nitrogen and oxygen atoms in total. The Labute approximate surface area is 128 Å². The van der Waals surface area contributed by atoms with Gasteiger partial charge >= 0.3 is 0 Å². The summed E-state index contributed by atoms with van der Waals surface area (Å²) in [6.45, 7) is 1.64. The third-order valence-electron chi connectivity index (χ3n) is 2.87. The highest BCUT2D eigenvalue weighted by Crippen LogP contribution is 2.17. The van der Waals surface area contributed by atoms with Crippen molar-refractivity contribution in [2.75, 3.05) is 11.9 Å². The Morgan fingerprint density at radius 1 is 1.29 bits per heavy atom. The largest absolute Gasteiger partial charge is 0.384 e. The molecule has 1 amide bonds. The number of nitrogens with one attached hydrogen (secondary N) is 1. The van der Waals surface area contributed by atoms with Crippen LogP contribution in [-0.4, -0.2) is 17.6 Å². The van der Waals surface area contributed by atoms with Crippen LogP contribution >= 0.6 is 11.6 Å². The van der Waals surface area contributed by atoms with Crippen LogP contribution in [-0.2, 0) is 0 Å². The summed E-state index contributed by atoms with van der Waals surface area (Å²) in [6, 6.07) is 12.3. The number of aliphatic hydroxyl groups excluding tert-OH is 1. The molecular weight excluding hydrogens is 286 g/mol. The molecule has 106 valence electrons. The maximum Gasteiger partial charge on any atom is 0.255 e. The molecule has 0 saturated heterocycles. The second-order valence-electron chi connectivity index (χ2n) is 4.45.